The molecule has 0 radical (unpaired) electrons. The minimum Gasteiger partial charge on any atom is -0.297 e. The quantitative estimate of drug-likeness (QED) is 0.667. The Kier molecular flexibility index (Phi) is 3.01. The fourth-order valence-electron chi connectivity index (χ4n) is 0.782. The van der Waals surface area contributed by atoms with E-state index in [2.05, 4.69) is 5.48 Å². The van der Waals surface area contributed by atoms with Crippen LogP contribution in [-0.4, -0.2) is 7.05 Å². The normalized spacial score (nSPS) is 10.0. The molecule has 3 heteroatoms. The Balaban J connectivity index is 2.56. The first-order valence-corrected chi connectivity index (χ1v) is 3.36. The van der Waals surface area contributed by atoms with Gasteiger partial charge in [0, 0.05) is 7.05 Å². The van der Waals surface area contributed by atoms with E-state index in [9.17, 15) is 4.39 Å². The molecule has 1 aromatic rings. The monoisotopic (exact) mass is 155 g/mol. The number of hydrogen-bond donors (Lipinski definition) is 1. The van der Waals surface area contributed by atoms with Crippen LogP contribution < -0.4 is 5.48 Å². The van der Waals surface area contributed by atoms with Crippen LogP contribution in [0.5, 0.6) is 0 Å². The van der Waals surface area contributed by atoms with Crippen LogP contribution in [0, 0.1) is 5.82 Å². The lowest BCUT2D eigenvalue weighted by molar-refractivity contribution is 0.0443. The van der Waals surface area contributed by atoms with Crippen LogP contribution in [0.3, 0.4) is 0 Å². The zero-order valence-electron chi connectivity index (χ0n) is 6.30. The maximum atomic E-state index is 12.5. The van der Waals surface area contributed by atoms with E-state index in [1.165, 1.54) is 12.1 Å². The van der Waals surface area contributed by atoms with Crippen molar-refractivity contribution >= 4 is 0 Å². The minimum absolute atomic E-state index is 0.234. The number of halogens is 1. The largest absolute Gasteiger partial charge is 0.297 e. The molecule has 0 spiro atoms. The van der Waals surface area contributed by atoms with E-state index < -0.39 is 0 Å². The van der Waals surface area contributed by atoms with Crippen molar-refractivity contribution in [1.82, 2.24) is 5.48 Å². The lowest BCUT2D eigenvalue weighted by atomic mass is 10.2. The summed E-state index contributed by atoms with van der Waals surface area (Å²) in [5.41, 5.74) is 3.33. The molecule has 0 amide bonds. The number of hydroxylamine groups is 1. The van der Waals surface area contributed by atoms with Gasteiger partial charge in [-0.15, -0.1) is 0 Å². The molecule has 2 nitrogen and oxygen atoms in total. The van der Waals surface area contributed by atoms with E-state index in [-0.39, 0.29) is 5.82 Å². The molecule has 0 unspecified atom stereocenters. The molecule has 0 bridgehead atoms. The van der Waals surface area contributed by atoms with Crippen molar-refractivity contribution in [2.75, 3.05) is 7.05 Å². The zero-order chi connectivity index (χ0) is 8.10. The van der Waals surface area contributed by atoms with E-state index in [1.807, 2.05) is 0 Å². The summed E-state index contributed by atoms with van der Waals surface area (Å²) in [6, 6.07) is 6.31. The third-order valence-corrected chi connectivity index (χ3v) is 1.27. The first-order chi connectivity index (χ1) is 5.33. The molecule has 0 aliphatic heterocycles. The summed E-state index contributed by atoms with van der Waals surface area (Å²) in [6.45, 7) is 0.383. The third kappa shape index (κ3) is 2.65. The van der Waals surface area contributed by atoms with Crippen LogP contribution in [0.4, 0.5) is 4.39 Å². The molecule has 0 aliphatic carbocycles. The van der Waals surface area contributed by atoms with Gasteiger partial charge in [0.25, 0.3) is 0 Å². The van der Waals surface area contributed by atoms with Gasteiger partial charge in [0.15, 0.2) is 0 Å². The molecule has 1 N–H and O–H groups in total. The molecule has 0 heterocycles. The van der Waals surface area contributed by atoms with E-state index in [0.29, 0.717) is 6.61 Å². The summed E-state index contributed by atoms with van der Waals surface area (Å²) in [7, 11) is 1.67. The summed E-state index contributed by atoms with van der Waals surface area (Å²) in [5.74, 6) is -0.234. The highest BCUT2D eigenvalue weighted by Gasteiger charge is 1.93. The molecule has 0 saturated heterocycles. The van der Waals surface area contributed by atoms with Gasteiger partial charge < -0.3 is 0 Å². The summed E-state index contributed by atoms with van der Waals surface area (Å²) >= 11 is 0. The highest BCUT2D eigenvalue weighted by molar-refractivity contribution is 5.15. The fourth-order valence-corrected chi connectivity index (χ4v) is 0.782. The Hall–Kier alpha value is -0.930. The number of hydrogen-bond acceptors (Lipinski definition) is 2. The molecular weight excluding hydrogens is 145 g/mol. The van der Waals surface area contributed by atoms with Gasteiger partial charge in [-0.2, -0.15) is 0 Å². The van der Waals surface area contributed by atoms with Gasteiger partial charge in [-0.05, 0) is 17.7 Å². The predicted octanol–water partition coefficient (Wildman–Crippen LogP) is 1.48. The molecule has 1 rings (SSSR count). The average molecular weight is 155 g/mol. The first kappa shape index (κ1) is 8.17. The van der Waals surface area contributed by atoms with Gasteiger partial charge in [0.2, 0.25) is 0 Å². The molecule has 11 heavy (non-hydrogen) atoms. The smallest absolute Gasteiger partial charge is 0.123 e. The lowest BCUT2D eigenvalue weighted by Crippen LogP contribution is -2.06. The molecule has 0 atom stereocenters. The van der Waals surface area contributed by atoms with E-state index >= 15 is 0 Å². The Morgan fingerprint density at radius 3 is 3.00 bits per heavy atom. The van der Waals surface area contributed by atoms with Crippen LogP contribution >= 0.6 is 0 Å². The summed E-state index contributed by atoms with van der Waals surface area (Å²) in [5, 5.41) is 0. The average Bonchev–Trinajstić information content (AvgIpc) is 2.01. The molecular formula is C8H10FNO. The van der Waals surface area contributed by atoms with E-state index in [0.717, 1.165) is 5.56 Å². The first-order valence-electron chi connectivity index (χ1n) is 3.36. The second kappa shape index (κ2) is 4.05. The minimum atomic E-state index is -0.234. The zero-order valence-corrected chi connectivity index (χ0v) is 6.30. The van der Waals surface area contributed by atoms with Crippen LogP contribution in [0.1, 0.15) is 5.56 Å². The van der Waals surface area contributed by atoms with Crippen molar-refractivity contribution in [2.45, 2.75) is 6.61 Å². The third-order valence-electron chi connectivity index (χ3n) is 1.27. The van der Waals surface area contributed by atoms with Crippen LogP contribution in [0.2, 0.25) is 0 Å². The highest BCUT2D eigenvalue weighted by Crippen LogP contribution is 2.03. The Labute approximate surface area is 64.9 Å². The second-order valence-corrected chi connectivity index (χ2v) is 2.12. The summed E-state index contributed by atoms with van der Waals surface area (Å²) in [6.07, 6.45) is 0. The van der Waals surface area contributed by atoms with E-state index in [4.69, 9.17) is 4.84 Å². The highest BCUT2D eigenvalue weighted by atomic mass is 19.1. The van der Waals surface area contributed by atoms with Crippen molar-refractivity contribution in [3.63, 3.8) is 0 Å². The van der Waals surface area contributed by atoms with Crippen LogP contribution in [0.25, 0.3) is 0 Å². The van der Waals surface area contributed by atoms with Gasteiger partial charge in [0.05, 0.1) is 6.61 Å². The molecule has 0 saturated carbocycles. The van der Waals surface area contributed by atoms with Crippen molar-refractivity contribution in [3.8, 4) is 0 Å². The second-order valence-electron chi connectivity index (χ2n) is 2.12. The number of nitrogens with one attached hydrogen (secondary N) is 1. The van der Waals surface area contributed by atoms with Crippen LogP contribution in [-0.2, 0) is 11.4 Å². The Morgan fingerprint density at radius 1 is 1.55 bits per heavy atom. The van der Waals surface area contributed by atoms with Crippen molar-refractivity contribution in [1.29, 1.82) is 0 Å². The van der Waals surface area contributed by atoms with Gasteiger partial charge >= 0.3 is 0 Å². The van der Waals surface area contributed by atoms with Gasteiger partial charge in [-0.1, -0.05) is 12.1 Å². The fraction of sp³-hybridized carbons (Fsp3) is 0.250. The van der Waals surface area contributed by atoms with Crippen molar-refractivity contribution < 1.29 is 9.23 Å². The van der Waals surface area contributed by atoms with Gasteiger partial charge in [-0.3, -0.25) is 4.84 Å². The summed E-state index contributed by atoms with van der Waals surface area (Å²) < 4.78 is 12.5. The van der Waals surface area contributed by atoms with Crippen molar-refractivity contribution in [2.24, 2.45) is 0 Å². The van der Waals surface area contributed by atoms with Gasteiger partial charge in [0.1, 0.15) is 5.82 Å². The summed E-state index contributed by atoms with van der Waals surface area (Å²) in [4.78, 5) is 4.86. The Morgan fingerprint density at radius 2 is 2.36 bits per heavy atom. The van der Waals surface area contributed by atoms with E-state index in [1.54, 1.807) is 19.2 Å². The Bertz CT molecular complexity index is 227. The topological polar surface area (TPSA) is 21.3 Å². The van der Waals surface area contributed by atoms with Crippen LogP contribution in [0.15, 0.2) is 24.3 Å². The van der Waals surface area contributed by atoms with Gasteiger partial charge in [-0.25, -0.2) is 9.87 Å². The molecule has 0 aliphatic rings. The SMILES string of the molecule is CNOCc1cccc(F)c1. The molecule has 60 valence electrons. The molecule has 0 fully saturated rings. The molecule has 0 aromatic heterocycles. The van der Waals surface area contributed by atoms with Crippen molar-refractivity contribution in [3.05, 3.63) is 35.6 Å². The number of rotatable bonds is 3. The lowest BCUT2D eigenvalue weighted by Gasteiger charge is -2.00. The number of benzene rings is 1. The maximum Gasteiger partial charge on any atom is 0.123 e. The maximum absolute atomic E-state index is 12.5. The molecule has 1 aromatic carbocycles. The predicted molar refractivity (Wildman–Crippen MR) is 40.2 cm³/mol. The standard InChI is InChI=1S/C8H10FNO/c1-10-11-6-7-3-2-4-8(9)5-7/h2-5,10H,6H2,1H3.